The van der Waals surface area contributed by atoms with Gasteiger partial charge < -0.3 is 15.0 Å². The zero-order valence-electron chi connectivity index (χ0n) is 8.13. The van der Waals surface area contributed by atoms with E-state index in [1.54, 1.807) is 18.0 Å². The summed E-state index contributed by atoms with van der Waals surface area (Å²) in [5.41, 5.74) is 1.51. The molecule has 0 fully saturated rings. The van der Waals surface area contributed by atoms with Crippen molar-refractivity contribution in [3.63, 3.8) is 0 Å². The Morgan fingerprint density at radius 1 is 1.62 bits per heavy atom. The molecule has 72 valence electrons. The standard InChI is InChI=1S/C9H14N2O2/c1-4-13-9(12)8-6-10-5-7(2)11(8)3/h5-6,10H,4H2,1-3H3. The molecule has 0 radical (unpaired) electrons. The van der Waals surface area contributed by atoms with Crippen LogP contribution in [0.25, 0.3) is 0 Å². The molecule has 4 nitrogen and oxygen atoms in total. The van der Waals surface area contributed by atoms with Crippen LogP contribution in [0.5, 0.6) is 0 Å². The zero-order chi connectivity index (χ0) is 9.84. The maximum Gasteiger partial charge on any atom is 0.356 e. The predicted octanol–water partition coefficient (Wildman–Crippen LogP) is 0.787. The highest BCUT2D eigenvalue weighted by Gasteiger charge is 2.18. The van der Waals surface area contributed by atoms with E-state index in [4.69, 9.17) is 4.74 Å². The highest BCUT2D eigenvalue weighted by atomic mass is 16.5. The number of allylic oxidation sites excluding steroid dienone is 1. The van der Waals surface area contributed by atoms with Crippen molar-refractivity contribution in [2.24, 2.45) is 0 Å². The molecule has 1 aliphatic rings. The molecule has 1 heterocycles. The molecule has 0 amide bonds. The van der Waals surface area contributed by atoms with Crippen LogP contribution in [0, 0.1) is 0 Å². The Morgan fingerprint density at radius 3 is 2.92 bits per heavy atom. The minimum Gasteiger partial charge on any atom is -0.461 e. The van der Waals surface area contributed by atoms with Crippen molar-refractivity contribution in [3.05, 3.63) is 23.8 Å². The van der Waals surface area contributed by atoms with E-state index in [0.717, 1.165) is 5.70 Å². The monoisotopic (exact) mass is 182 g/mol. The highest BCUT2D eigenvalue weighted by molar-refractivity contribution is 5.88. The first-order chi connectivity index (χ1) is 6.16. The summed E-state index contributed by atoms with van der Waals surface area (Å²) in [6.07, 6.45) is 3.45. The summed E-state index contributed by atoms with van der Waals surface area (Å²) in [6.45, 7) is 4.10. The molecule has 0 unspecified atom stereocenters. The first kappa shape index (κ1) is 9.64. The summed E-state index contributed by atoms with van der Waals surface area (Å²) in [4.78, 5) is 13.1. The van der Waals surface area contributed by atoms with E-state index < -0.39 is 0 Å². The van der Waals surface area contributed by atoms with Crippen LogP contribution in [-0.2, 0) is 9.53 Å². The fourth-order valence-corrected chi connectivity index (χ4v) is 1.03. The average Bonchev–Trinajstić information content (AvgIpc) is 2.10. The third kappa shape index (κ3) is 2.02. The lowest BCUT2D eigenvalue weighted by atomic mass is 10.3. The molecule has 0 atom stereocenters. The van der Waals surface area contributed by atoms with Gasteiger partial charge >= 0.3 is 5.97 Å². The van der Waals surface area contributed by atoms with Gasteiger partial charge in [0.25, 0.3) is 0 Å². The van der Waals surface area contributed by atoms with Gasteiger partial charge in [-0.15, -0.1) is 0 Å². The van der Waals surface area contributed by atoms with Crippen molar-refractivity contribution < 1.29 is 9.53 Å². The van der Waals surface area contributed by atoms with Crippen molar-refractivity contribution in [2.45, 2.75) is 13.8 Å². The molecule has 0 spiro atoms. The summed E-state index contributed by atoms with van der Waals surface area (Å²) < 4.78 is 4.88. The second kappa shape index (κ2) is 3.98. The number of esters is 1. The third-order valence-corrected chi connectivity index (χ3v) is 1.89. The van der Waals surface area contributed by atoms with Crippen LogP contribution in [-0.4, -0.2) is 24.5 Å². The number of nitrogens with zero attached hydrogens (tertiary/aromatic N) is 1. The number of hydrogen-bond donors (Lipinski definition) is 1. The second-order valence-corrected chi connectivity index (χ2v) is 2.76. The Labute approximate surface area is 77.9 Å². The Balaban J connectivity index is 2.70. The Kier molecular flexibility index (Phi) is 2.95. The number of rotatable bonds is 2. The molecule has 0 bridgehead atoms. The minimum absolute atomic E-state index is 0.301. The second-order valence-electron chi connectivity index (χ2n) is 2.76. The number of hydrogen-bond acceptors (Lipinski definition) is 4. The topological polar surface area (TPSA) is 41.6 Å². The lowest BCUT2D eigenvalue weighted by Crippen LogP contribution is -2.28. The SMILES string of the molecule is CCOC(=O)C1=CNC=C(C)N1C. The van der Waals surface area contributed by atoms with Crippen LogP contribution < -0.4 is 5.32 Å². The van der Waals surface area contributed by atoms with Crippen LogP contribution >= 0.6 is 0 Å². The van der Waals surface area contributed by atoms with Crippen molar-refractivity contribution in [1.82, 2.24) is 10.2 Å². The first-order valence-corrected chi connectivity index (χ1v) is 4.20. The fraction of sp³-hybridized carbons (Fsp3) is 0.444. The summed E-state index contributed by atoms with van der Waals surface area (Å²) in [5, 5.41) is 2.89. The van der Waals surface area contributed by atoms with E-state index >= 15 is 0 Å². The van der Waals surface area contributed by atoms with Gasteiger partial charge in [-0.25, -0.2) is 4.79 Å². The molecule has 0 aliphatic carbocycles. The van der Waals surface area contributed by atoms with Crippen LogP contribution in [0.4, 0.5) is 0 Å². The van der Waals surface area contributed by atoms with Crippen LogP contribution in [0.3, 0.4) is 0 Å². The molecule has 4 heteroatoms. The van der Waals surface area contributed by atoms with Gasteiger partial charge in [-0.3, -0.25) is 0 Å². The lowest BCUT2D eigenvalue weighted by molar-refractivity contribution is -0.140. The van der Waals surface area contributed by atoms with Crippen molar-refractivity contribution in [3.8, 4) is 0 Å². The third-order valence-electron chi connectivity index (χ3n) is 1.89. The van der Waals surface area contributed by atoms with Crippen LogP contribution in [0.1, 0.15) is 13.8 Å². The maximum atomic E-state index is 11.4. The largest absolute Gasteiger partial charge is 0.461 e. The van der Waals surface area contributed by atoms with Gasteiger partial charge in [-0.2, -0.15) is 0 Å². The Morgan fingerprint density at radius 2 is 2.31 bits per heavy atom. The van der Waals surface area contributed by atoms with E-state index in [9.17, 15) is 4.79 Å². The summed E-state index contributed by atoms with van der Waals surface area (Å²) in [7, 11) is 1.83. The van der Waals surface area contributed by atoms with Crippen molar-refractivity contribution >= 4 is 5.97 Å². The first-order valence-electron chi connectivity index (χ1n) is 4.20. The quantitative estimate of drug-likeness (QED) is 0.641. The van der Waals surface area contributed by atoms with Gasteiger partial charge in [-0.1, -0.05) is 0 Å². The molecule has 0 aromatic heterocycles. The number of likely N-dealkylation sites (N-methyl/N-ethyl adjacent to an activating group) is 1. The van der Waals surface area contributed by atoms with E-state index in [-0.39, 0.29) is 5.97 Å². The van der Waals surface area contributed by atoms with Crippen molar-refractivity contribution in [2.75, 3.05) is 13.7 Å². The van der Waals surface area contributed by atoms with Crippen LogP contribution in [0.2, 0.25) is 0 Å². The average molecular weight is 182 g/mol. The Bertz CT molecular complexity index is 269. The summed E-state index contributed by atoms with van der Waals surface area (Å²) in [5.74, 6) is -0.301. The molecule has 0 aromatic carbocycles. The minimum atomic E-state index is -0.301. The normalized spacial score (nSPS) is 15.8. The van der Waals surface area contributed by atoms with Gasteiger partial charge in [0, 0.05) is 25.1 Å². The number of carbonyl (C=O) groups is 1. The van der Waals surface area contributed by atoms with E-state index in [0.29, 0.717) is 12.3 Å². The van der Waals surface area contributed by atoms with Gasteiger partial charge in [-0.05, 0) is 13.8 Å². The molecular weight excluding hydrogens is 168 g/mol. The van der Waals surface area contributed by atoms with E-state index in [2.05, 4.69) is 5.32 Å². The molecule has 0 aromatic rings. The fourth-order valence-electron chi connectivity index (χ4n) is 1.03. The van der Waals surface area contributed by atoms with Crippen LogP contribution in [0.15, 0.2) is 23.8 Å². The van der Waals surface area contributed by atoms with E-state index in [1.165, 1.54) is 0 Å². The zero-order valence-corrected chi connectivity index (χ0v) is 8.13. The smallest absolute Gasteiger partial charge is 0.356 e. The summed E-state index contributed by atoms with van der Waals surface area (Å²) in [6, 6.07) is 0. The van der Waals surface area contributed by atoms with E-state index in [1.807, 2.05) is 20.2 Å². The molecule has 1 rings (SSSR count). The predicted molar refractivity (Wildman–Crippen MR) is 49.4 cm³/mol. The molecular formula is C9H14N2O2. The molecule has 0 saturated heterocycles. The summed E-state index contributed by atoms with van der Waals surface area (Å²) >= 11 is 0. The Hall–Kier alpha value is -1.45. The number of ether oxygens (including phenoxy) is 1. The number of nitrogens with one attached hydrogen (secondary N) is 1. The van der Waals surface area contributed by atoms with Gasteiger partial charge in [0.15, 0.2) is 0 Å². The lowest BCUT2D eigenvalue weighted by Gasteiger charge is -2.24. The number of carbonyl (C=O) groups excluding carboxylic acids is 1. The molecule has 1 aliphatic heterocycles. The maximum absolute atomic E-state index is 11.4. The van der Waals surface area contributed by atoms with Crippen molar-refractivity contribution in [1.29, 1.82) is 0 Å². The molecule has 0 saturated carbocycles. The van der Waals surface area contributed by atoms with Gasteiger partial charge in [0.2, 0.25) is 0 Å². The highest BCUT2D eigenvalue weighted by Crippen LogP contribution is 2.13. The molecule has 1 N–H and O–H groups in total. The molecule has 13 heavy (non-hydrogen) atoms. The van der Waals surface area contributed by atoms with Gasteiger partial charge in [0.05, 0.1) is 6.61 Å². The van der Waals surface area contributed by atoms with Gasteiger partial charge in [0.1, 0.15) is 5.70 Å².